The highest BCUT2D eigenvalue weighted by Gasteiger charge is 2.26. The number of sulfone groups is 1. The summed E-state index contributed by atoms with van der Waals surface area (Å²) < 4.78 is 26.1. The fourth-order valence-corrected chi connectivity index (χ4v) is 4.22. The third kappa shape index (κ3) is 2.57. The van der Waals surface area contributed by atoms with Crippen molar-refractivity contribution in [2.24, 2.45) is 0 Å². The molecule has 1 heterocycles. The van der Waals surface area contributed by atoms with E-state index in [4.69, 9.17) is 11.6 Å². The van der Waals surface area contributed by atoms with Gasteiger partial charge in [-0.25, -0.2) is 13.4 Å². The first kappa shape index (κ1) is 14.9. The largest absolute Gasteiger partial charge is 0.324 e. The maximum atomic E-state index is 12.0. The van der Waals surface area contributed by atoms with Crippen LogP contribution >= 0.6 is 11.6 Å². The Morgan fingerprint density at radius 1 is 1.33 bits per heavy atom. The van der Waals surface area contributed by atoms with Crippen LogP contribution in [0.3, 0.4) is 0 Å². The first-order valence-corrected chi connectivity index (χ1v) is 9.57. The van der Waals surface area contributed by atoms with Crippen LogP contribution in [0.25, 0.3) is 11.0 Å². The molecule has 2 aromatic rings. The second-order valence-electron chi connectivity index (χ2n) is 5.79. The van der Waals surface area contributed by atoms with Gasteiger partial charge in [0.1, 0.15) is 11.3 Å². The van der Waals surface area contributed by atoms with Crippen molar-refractivity contribution in [3.63, 3.8) is 0 Å². The monoisotopic (exact) mass is 326 g/mol. The van der Waals surface area contributed by atoms with Crippen molar-refractivity contribution in [2.45, 2.75) is 48.9 Å². The molecule has 1 aromatic heterocycles. The number of hydrogen-bond acceptors (Lipinski definition) is 3. The summed E-state index contributed by atoms with van der Waals surface area (Å²) in [4.78, 5) is 4.86. The molecular weight excluding hydrogens is 308 g/mol. The molecule has 4 nitrogen and oxygen atoms in total. The Bertz CT molecular complexity index is 774. The fourth-order valence-electron chi connectivity index (χ4n) is 3.24. The molecule has 3 rings (SSSR count). The Hall–Kier alpha value is -1.07. The smallest absolute Gasteiger partial charge is 0.177 e. The molecule has 1 unspecified atom stereocenters. The SMILES string of the molecule is CC(Cl)c1nc2c(S(C)(=O)=O)cccc2n1C1CCCC1. The Morgan fingerprint density at radius 2 is 2.00 bits per heavy atom. The topological polar surface area (TPSA) is 52.0 Å². The van der Waals surface area contributed by atoms with Gasteiger partial charge in [-0.1, -0.05) is 18.9 Å². The number of rotatable bonds is 3. The van der Waals surface area contributed by atoms with E-state index in [1.807, 2.05) is 13.0 Å². The summed E-state index contributed by atoms with van der Waals surface area (Å²) in [5.74, 6) is 0.773. The number of fused-ring (bicyclic) bond motifs is 1. The van der Waals surface area contributed by atoms with Crippen LogP contribution < -0.4 is 0 Å². The van der Waals surface area contributed by atoms with Crippen molar-refractivity contribution in [2.75, 3.05) is 6.26 Å². The van der Waals surface area contributed by atoms with Gasteiger partial charge in [-0.2, -0.15) is 0 Å². The fraction of sp³-hybridized carbons (Fsp3) is 0.533. The molecule has 6 heteroatoms. The van der Waals surface area contributed by atoms with Crippen molar-refractivity contribution >= 4 is 32.5 Å². The predicted octanol–water partition coefficient (Wildman–Crippen LogP) is 3.85. The number of imidazole rings is 1. The van der Waals surface area contributed by atoms with Crippen LogP contribution in [0.15, 0.2) is 23.1 Å². The van der Waals surface area contributed by atoms with Gasteiger partial charge >= 0.3 is 0 Å². The van der Waals surface area contributed by atoms with Crippen molar-refractivity contribution in [1.82, 2.24) is 9.55 Å². The number of alkyl halides is 1. The standard InChI is InChI=1S/C15H19ClN2O2S/c1-10(16)15-17-14-12(18(15)11-6-3-4-7-11)8-5-9-13(14)21(2,19)20/h5,8-11H,3-4,6-7H2,1-2H3. The molecule has 1 atom stereocenters. The van der Waals surface area contributed by atoms with Crippen molar-refractivity contribution in [3.8, 4) is 0 Å². The lowest BCUT2D eigenvalue weighted by atomic mass is 10.2. The van der Waals surface area contributed by atoms with Gasteiger partial charge < -0.3 is 4.57 Å². The maximum Gasteiger partial charge on any atom is 0.177 e. The van der Waals surface area contributed by atoms with E-state index in [-0.39, 0.29) is 10.3 Å². The van der Waals surface area contributed by atoms with Crippen LogP contribution in [0.4, 0.5) is 0 Å². The highest BCUT2D eigenvalue weighted by atomic mass is 35.5. The molecule has 114 valence electrons. The van der Waals surface area contributed by atoms with Gasteiger partial charge in [0.05, 0.1) is 15.8 Å². The molecule has 0 bridgehead atoms. The minimum absolute atomic E-state index is 0.245. The number of benzene rings is 1. The van der Waals surface area contributed by atoms with Gasteiger partial charge in [-0.3, -0.25) is 0 Å². The second-order valence-corrected chi connectivity index (χ2v) is 8.43. The minimum atomic E-state index is -3.30. The van der Waals surface area contributed by atoms with E-state index in [0.717, 1.165) is 24.2 Å². The van der Waals surface area contributed by atoms with Crippen LogP contribution in [-0.4, -0.2) is 24.2 Å². The molecule has 0 amide bonds. The van der Waals surface area contributed by atoms with E-state index >= 15 is 0 Å². The Kier molecular flexibility index (Phi) is 3.74. The minimum Gasteiger partial charge on any atom is -0.324 e. The van der Waals surface area contributed by atoms with Gasteiger partial charge in [-0.05, 0) is 31.9 Å². The average Bonchev–Trinajstić information content (AvgIpc) is 3.03. The molecule has 1 saturated carbocycles. The summed E-state index contributed by atoms with van der Waals surface area (Å²) in [7, 11) is -3.30. The van der Waals surface area contributed by atoms with E-state index in [9.17, 15) is 8.42 Å². The van der Waals surface area contributed by atoms with Gasteiger partial charge in [0.2, 0.25) is 0 Å². The zero-order valence-corrected chi connectivity index (χ0v) is 13.8. The van der Waals surface area contributed by atoms with Gasteiger partial charge in [-0.15, -0.1) is 11.6 Å². The summed E-state index contributed by atoms with van der Waals surface area (Å²) in [6.45, 7) is 1.88. The third-order valence-electron chi connectivity index (χ3n) is 4.16. The number of hydrogen-bond donors (Lipinski definition) is 0. The predicted molar refractivity (Wildman–Crippen MR) is 84.6 cm³/mol. The van der Waals surface area contributed by atoms with E-state index in [0.29, 0.717) is 11.6 Å². The van der Waals surface area contributed by atoms with Crippen LogP contribution in [0.1, 0.15) is 49.9 Å². The Labute approximate surface area is 130 Å². The molecule has 1 aromatic carbocycles. The van der Waals surface area contributed by atoms with E-state index in [1.54, 1.807) is 12.1 Å². The molecule has 1 fully saturated rings. The molecule has 0 saturated heterocycles. The lowest BCUT2D eigenvalue weighted by Crippen LogP contribution is -2.09. The normalized spacial score (nSPS) is 18.4. The quantitative estimate of drug-likeness (QED) is 0.805. The molecule has 0 radical (unpaired) electrons. The van der Waals surface area contributed by atoms with Crippen molar-refractivity contribution in [3.05, 3.63) is 24.0 Å². The summed E-state index contributed by atoms with van der Waals surface area (Å²) >= 11 is 6.29. The maximum absolute atomic E-state index is 12.0. The van der Waals surface area contributed by atoms with Crippen LogP contribution in [0.2, 0.25) is 0 Å². The van der Waals surface area contributed by atoms with Crippen molar-refractivity contribution < 1.29 is 8.42 Å². The van der Waals surface area contributed by atoms with Crippen LogP contribution in [0.5, 0.6) is 0 Å². The summed E-state index contributed by atoms with van der Waals surface area (Å²) in [6, 6.07) is 5.72. The average molecular weight is 327 g/mol. The molecule has 1 aliphatic rings. The highest BCUT2D eigenvalue weighted by molar-refractivity contribution is 7.91. The Balaban J connectivity index is 2.32. The van der Waals surface area contributed by atoms with Crippen molar-refractivity contribution in [1.29, 1.82) is 0 Å². The first-order valence-electron chi connectivity index (χ1n) is 7.24. The third-order valence-corrected chi connectivity index (χ3v) is 5.48. The molecule has 0 spiro atoms. The van der Waals surface area contributed by atoms with Crippen LogP contribution in [-0.2, 0) is 9.84 Å². The van der Waals surface area contributed by atoms with Crippen LogP contribution in [0, 0.1) is 0 Å². The summed E-state index contributed by atoms with van der Waals surface area (Å²) in [5, 5.41) is -0.245. The number of nitrogens with zero attached hydrogens (tertiary/aromatic N) is 2. The molecule has 0 N–H and O–H groups in total. The first-order chi connectivity index (χ1) is 9.89. The van der Waals surface area contributed by atoms with Gasteiger partial charge in [0, 0.05) is 12.3 Å². The lowest BCUT2D eigenvalue weighted by molar-refractivity contribution is 0.510. The van der Waals surface area contributed by atoms with E-state index in [1.165, 1.54) is 19.1 Å². The zero-order chi connectivity index (χ0) is 15.2. The lowest BCUT2D eigenvalue weighted by Gasteiger charge is -2.17. The number of halogens is 1. The number of aromatic nitrogens is 2. The molecule has 1 aliphatic carbocycles. The van der Waals surface area contributed by atoms with E-state index in [2.05, 4.69) is 9.55 Å². The Morgan fingerprint density at radius 3 is 2.57 bits per heavy atom. The zero-order valence-electron chi connectivity index (χ0n) is 12.2. The van der Waals surface area contributed by atoms with Gasteiger partial charge in [0.15, 0.2) is 9.84 Å². The molecule has 21 heavy (non-hydrogen) atoms. The highest BCUT2D eigenvalue weighted by Crippen LogP contribution is 2.37. The molecule has 0 aliphatic heterocycles. The van der Waals surface area contributed by atoms with Gasteiger partial charge in [0.25, 0.3) is 0 Å². The van der Waals surface area contributed by atoms with E-state index < -0.39 is 9.84 Å². The summed E-state index contributed by atoms with van der Waals surface area (Å²) in [5.41, 5.74) is 1.43. The number of para-hydroxylation sites is 1. The summed E-state index contributed by atoms with van der Waals surface area (Å²) in [6.07, 6.45) is 5.83. The second kappa shape index (κ2) is 5.29. The molecular formula is C15H19ClN2O2S.